The second-order valence-electron chi connectivity index (χ2n) is 3.73. The summed E-state index contributed by atoms with van der Waals surface area (Å²) in [6, 6.07) is 6.25. The van der Waals surface area contributed by atoms with Crippen molar-refractivity contribution in [2.75, 3.05) is 5.32 Å². The molecule has 5 nitrogen and oxygen atoms in total. The molecule has 1 heterocycles. The molecule has 0 bridgehead atoms. The molecule has 0 aliphatic carbocycles. The largest absolute Gasteiger partial charge is 0.409 e. The summed E-state index contributed by atoms with van der Waals surface area (Å²) in [5.41, 5.74) is 6.25. The van der Waals surface area contributed by atoms with Crippen LogP contribution in [0.5, 0.6) is 0 Å². The highest BCUT2D eigenvalue weighted by Crippen LogP contribution is 2.26. The molecular weight excluding hydrogens is 321 g/mol. The van der Waals surface area contributed by atoms with Crippen LogP contribution in [0.2, 0.25) is 10.0 Å². The fourth-order valence-electron chi connectivity index (χ4n) is 1.53. The number of hydrogen-bond acceptors (Lipinski definition) is 4. The predicted octanol–water partition coefficient (Wildman–Crippen LogP) is 3.40. The molecule has 4 N–H and O–H groups in total. The lowest BCUT2D eigenvalue weighted by molar-refractivity contribution is 0.103. The maximum absolute atomic E-state index is 12.1. The quantitative estimate of drug-likeness (QED) is 0.349. The van der Waals surface area contributed by atoms with E-state index in [-0.39, 0.29) is 11.7 Å². The molecular formula is C12H9Cl2N3O2S. The van der Waals surface area contributed by atoms with E-state index in [9.17, 15) is 4.79 Å². The van der Waals surface area contributed by atoms with E-state index in [2.05, 4.69) is 10.5 Å². The topological polar surface area (TPSA) is 87.7 Å². The molecule has 0 saturated heterocycles. The van der Waals surface area contributed by atoms with Crippen molar-refractivity contribution in [3.05, 3.63) is 50.1 Å². The molecule has 0 spiro atoms. The summed E-state index contributed by atoms with van der Waals surface area (Å²) in [6.45, 7) is 0. The third kappa shape index (κ3) is 3.04. The van der Waals surface area contributed by atoms with Crippen molar-refractivity contribution in [3.8, 4) is 0 Å². The van der Waals surface area contributed by atoms with Crippen molar-refractivity contribution in [2.45, 2.75) is 0 Å². The van der Waals surface area contributed by atoms with Gasteiger partial charge in [0, 0.05) is 10.6 Å². The summed E-state index contributed by atoms with van der Waals surface area (Å²) in [5, 5.41) is 16.8. The molecule has 1 aromatic heterocycles. The van der Waals surface area contributed by atoms with Crippen LogP contribution >= 0.6 is 34.5 Å². The summed E-state index contributed by atoms with van der Waals surface area (Å²) in [5.74, 6) is -0.520. The molecule has 0 radical (unpaired) electrons. The first-order chi connectivity index (χ1) is 9.52. The van der Waals surface area contributed by atoms with Crippen molar-refractivity contribution in [1.29, 1.82) is 0 Å². The number of nitrogens with one attached hydrogen (secondary N) is 1. The first-order valence-electron chi connectivity index (χ1n) is 5.34. The van der Waals surface area contributed by atoms with Crippen molar-refractivity contribution in [3.63, 3.8) is 0 Å². The standard InChI is InChI=1S/C12H9Cl2N3O2S/c13-6-1-2-7(11(15)17-19)9(5-6)16-12(18)10-8(14)3-4-20-10/h1-5,19H,(H2,15,17)(H,16,18). The molecule has 0 aliphatic heterocycles. The zero-order chi connectivity index (χ0) is 14.7. The maximum atomic E-state index is 12.1. The van der Waals surface area contributed by atoms with Gasteiger partial charge in [0.05, 0.1) is 10.7 Å². The minimum atomic E-state index is -0.390. The SMILES string of the molecule is N/C(=N/O)c1ccc(Cl)cc1NC(=O)c1sccc1Cl. The fraction of sp³-hybridized carbons (Fsp3) is 0. The number of carbonyl (C=O) groups excluding carboxylic acids is 1. The molecule has 0 saturated carbocycles. The second-order valence-corrected chi connectivity index (χ2v) is 5.49. The van der Waals surface area contributed by atoms with Crippen LogP contribution in [0.25, 0.3) is 0 Å². The molecule has 104 valence electrons. The number of oxime groups is 1. The van der Waals surface area contributed by atoms with Gasteiger partial charge in [-0.2, -0.15) is 0 Å². The van der Waals surface area contributed by atoms with Gasteiger partial charge in [-0.3, -0.25) is 4.79 Å². The van der Waals surface area contributed by atoms with Crippen LogP contribution in [0.4, 0.5) is 5.69 Å². The molecule has 0 aliphatic rings. The molecule has 2 aromatic rings. The zero-order valence-corrected chi connectivity index (χ0v) is 12.3. The Morgan fingerprint density at radius 3 is 2.70 bits per heavy atom. The highest BCUT2D eigenvalue weighted by molar-refractivity contribution is 7.12. The Balaban J connectivity index is 2.36. The van der Waals surface area contributed by atoms with Crippen LogP contribution in [-0.2, 0) is 0 Å². The number of nitrogens with zero attached hydrogens (tertiary/aromatic N) is 1. The van der Waals surface area contributed by atoms with Gasteiger partial charge >= 0.3 is 0 Å². The smallest absolute Gasteiger partial charge is 0.267 e. The summed E-state index contributed by atoms with van der Waals surface area (Å²) >= 11 is 13.0. The summed E-state index contributed by atoms with van der Waals surface area (Å²) in [7, 11) is 0. The summed E-state index contributed by atoms with van der Waals surface area (Å²) < 4.78 is 0. The van der Waals surface area contributed by atoms with E-state index in [0.29, 0.717) is 26.2 Å². The second kappa shape index (κ2) is 6.13. The minimum Gasteiger partial charge on any atom is -0.409 e. The molecule has 1 amide bonds. The number of carbonyl (C=O) groups is 1. The van der Waals surface area contributed by atoms with Crippen molar-refractivity contribution in [2.24, 2.45) is 10.9 Å². The Morgan fingerprint density at radius 2 is 2.10 bits per heavy atom. The Morgan fingerprint density at radius 1 is 1.35 bits per heavy atom. The highest BCUT2D eigenvalue weighted by Gasteiger charge is 2.15. The number of nitrogens with two attached hydrogens (primary N) is 1. The van der Waals surface area contributed by atoms with E-state index in [1.54, 1.807) is 23.6 Å². The van der Waals surface area contributed by atoms with Crippen LogP contribution in [0.3, 0.4) is 0 Å². The van der Waals surface area contributed by atoms with E-state index in [4.69, 9.17) is 34.1 Å². The van der Waals surface area contributed by atoms with Gasteiger partial charge < -0.3 is 16.3 Å². The normalized spacial score (nSPS) is 11.4. The molecule has 8 heteroatoms. The number of amides is 1. The van der Waals surface area contributed by atoms with Crippen LogP contribution in [0.15, 0.2) is 34.8 Å². The van der Waals surface area contributed by atoms with Gasteiger partial charge in [-0.1, -0.05) is 28.4 Å². The lowest BCUT2D eigenvalue weighted by Crippen LogP contribution is -2.18. The predicted molar refractivity (Wildman–Crippen MR) is 81.2 cm³/mol. The van der Waals surface area contributed by atoms with Gasteiger partial charge in [-0.15, -0.1) is 11.3 Å². The maximum Gasteiger partial charge on any atom is 0.267 e. The highest BCUT2D eigenvalue weighted by atomic mass is 35.5. The average Bonchev–Trinajstić information content (AvgIpc) is 2.84. The van der Waals surface area contributed by atoms with E-state index < -0.39 is 0 Å². The molecule has 2 rings (SSSR count). The summed E-state index contributed by atoms with van der Waals surface area (Å²) in [4.78, 5) is 12.5. The molecule has 0 unspecified atom stereocenters. The minimum absolute atomic E-state index is 0.130. The fourth-order valence-corrected chi connectivity index (χ4v) is 2.74. The monoisotopic (exact) mass is 329 g/mol. The molecule has 1 aromatic carbocycles. The number of halogens is 2. The van der Waals surface area contributed by atoms with Gasteiger partial charge in [0.1, 0.15) is 4.88 Å². The van der Waals surface area contributed by atoms with Gasteiger partial charge in [0.25, 0.3) is 5.91 Å². The van der Waals surface area contributed by atoms with Gasteiger partial charge in [0.2, 0.25) is 0 Å². The van der Waals surface area contributed by atoms with Crippen molar-refractivity contribution in [1.82, 2.24) is 0 Å². The number of anilines is 1. The van der Waals surface area contributed by atoms with Gasteiger partial charge in [-0.05, 0) is 29.6 Å². The van der Waals surface area contributed by atoms with Crippen LogP contribution < -0.4 is 11.1 Å². The number of hydrogen-bond donors (Lipinski definition) is 3. The first-order valence-corrected chi connectivity index (χ1v) is 6.98. The van der Waals surface area contributed by atoms with Crippen LogP contribution in [0, 0.1) is 0 Å². The molecule has 20 heavy (non-hydrogen) atoms. The zero-order valence-electron chi connectivity index (χ0n) is 9.93. The lowest BCUT2D eigenvalue weighted by atomic mass is 10.1. The van der Waals surface area contributed by atoms with E-state index in [0.717, 1.165) is 0 Å². The van der Waals surface area contributed by atoms with Gasteiger partial charge in [-0.25, -0.2) is 0 Å². The Hall–Kier alpha value is -1.76. The third-order valence-electron chi connectivity index (χ3n) is 2.44. The van der Waals surface area contributed by atoms with Crippen molar-refractivity contribution >= 4 is 52.0 Å². The van der Waals surface area contributed by atoms with E-state index in [1.807, 2.05) is 0 Å². The number of rotatable bonds is 3. The Bertz CT molecular complexity index is 685. The first kappa shape index (κ1) is 14.6. The number of benzene rings is 1. The van der Waals surface area contributed by atoms with Crippen molar-refractivity contribution < 1.29 is 10.0 Å². The van der Waals surface area contributed by atoms with Gasteiger partial charge in [0.15, 0.2) is 5.84 Å². The lowest BCUT2D eigenvalue weighted by Gasteiger charge is -2.10. The van der Waals surface area contributed by atoms with E-state index in [1.165, 1.54) is 17.4 Å². The number of amidine groups is 1. The average molecular weight is 330 g/mol. The third-order valence-corrected chi connectivity index (χ3v) is 4.01. The molecule has 0 atom stereocenters. The molecule has 0 fully saturated rings. The van der Waals surface area contributed by atoms with Crippen LogP contribution in [0.1, 0.15) is 15.2 Å². The Labute approximate surface area is 128 Å². The van der Waals surface area contributed by atoms with E-state index >= 15 is 0 Å². The number of thiophene rings is 1. The summed E-state index contributed by atoms with van der Waals surface area (Å²) in [6.07, 6.45) is 0. The Kier molecular flexibility index (Phi) is 4.49. The van der Waals surface area contributed by atoms with Crippen LogP contribution in [-0.4, -0.2) is 17.0 Å².